The van der Waals surface area contributed by atoms with E-state index in [0.29, 0.717) is 0 Å². The first-order valence-electron chi connectivity index (χ1n) is 6.59. The fraction of sp³-hybridized carbons (Fsp3) is 0.200. The zero-order valence-corrected chi connectivity index (χ0v) is 10.5. The van der Waals surface area contributed by atoms with Gasteiger partial charge in [0.05, 0.1) is 22.6 Å². The lowest BCUT2D eigenvalue weighted by atomic mass is 10.1. The average molecular weight is 250 g/mol. The predicted octanol–water partition coefficient (Wildman–Crippen LogP) is 2.98. The van der Waals surface area contributed by atoms with Crippen molar-refractivity contribution in [1.82, 2.24) is 15.2 Å². The second kappa shape index (κ2) is 4.09. The van der Waals surface area contributed by atoms with E-state index in [1.54, 1.807) is 0 Å². The summed E-state index contributed by atoms with van der Waals surface area (Å²) in [6.07, 6.45) is 2.18. The SMILES string of the molecule is c1ccc2c(-c3ccc4c(n3)CCCN4)n[nH]c2c1. The van der Waals surface area contributed by atoms with Gasteiger partial charge in [0.1, 0.15) is 5.69 Å². The summed E-state index contributed by atoms with van der Waals surface area (Å²) < 4.78 is 0. The van der Waals surface area contributed by atoms with Crippen LogP contribution in [0.5, 0.6) is 0 Å². The van der Waals surface area contributed by atoms with Gasteiger partial charge in [-0.05, 0) is 31.0 Å². The molecule has 1 aliphatic rings. The Morgan fingerprint density at radius 1 is 1.05 bits per heavy atom. The molecule has 0 bridgehead atoms. The number of aromatic nitrogens is 3. The summed E-state index contributed by atoms with van der Waals surface area (Å²) in [6.45, 7) is 1.04. The van der Waals surface area contributed by atoms with Gasteiger partial charge in [0, 0.05) is 11.9 Å². The minimum Gasteiger partial charge on any atom is -0.384 e. The molecule has 3 aromatic rings. The Morgan fingerprint density at radius 3 is 3.00 bits per heavy atom. The van der Waals surface area contributed by atoms with E-state index in [1.165, 1.54) is 0 Å². The van der Waals surface area contributed by atoms with Crippen LogP contribution in [-0.4, -0.2) is 21.7 Å². The van der Waals surface area contributed by atoms with Crippen molar-refractivity contribution in [3.8, 4) is 11.4 Å². The lowest BCUT2D eigenvalue weighted by Crippen LogP contribution is -2.13. The number of anilines is 1. The van der Waals surface area contributed by atoms with Crippen molar-refractivity contribution in [1.29, 1.82) is 0 Å². The molecule has 0 unspecified atom stereocenters. The molecule has 4 nitrogen and oxygen atoms in total. The smallest absolute Gasteiger partial charge is 0.118 e. The highest BCUT2D eigenvalue weighted by Gasteiger charge is 2.14. The van der Waals surface area contributed by atoms with E-state index in [-0.39, 0.29) is 0 Å². The zero-order valence-electron chi connectivity index (χ0n) is 10.5. The second-order valence-electron chi connectivity index (χ2n) is 4.84. The highest BCUT2D eigenvalue weighted by Crippen LogP contribution is 2.28. The molecule has 0 saturated carbocycles. The summed E-state index contributed by atoms with van der Waals surface area (Å²) >= 11 is 0. The van der Waals surface area contributed by atoms with Crippen molar-refractivity contribution in [3.05, 3.63) is 42.1 Å². The number of nitrogens with zero attached hydrogens (tertiary/aromatic N) is 2. The Labute approximate surface area is 110 Å². The van der Waals surface area contributed by atoms with Crippen molar-refractivity contribution < 1.29 is 0 Å². The van der Waals surface area contributed by atoms with Crippen molar-refractivity contribution in [2.75, 3.05) is 11.9 Å². The van der Waals surface area contributed by atoms with Gasteiger partial charge in [-0.1, -0.05) is 18.2 Å². The third-order valence-electron chi connectivity index (χ3n) is 3.59. The fourth-order valence-electron chi connectivity index (χ4n) is 2.62. The van der Waals surface area contributed by atoms with E-state index < -0.39 is 0 Å². The quantitative estimate of drug-likeness (QED) is 0.698. The van der Waals surface area contributed by atoms with Crippen LogP contribution in [0.4, 0.5) is 5.69 Å². The molecule has 0 radical (unpaired) electrons. The van der Waals surface area contributed by atoms with Crippen LogP contribution >= 0.6 is 0 Å². The number of hydrogen-bond acceptors (Lipinski definition) is 3. The van der Waals surface area contributed by atoms with Crippen LogP contribution in [0, 0.1) is 0 Å². The minimum absolute atomic E-state index is 0.934. The summed E-state index contributed by atoms with van der Waals surface area (Å²) in [4.78, 5) is 4.76. The third kappa shape index (κ3) is 1.68. The Balaban J connectivity index is 1.88. The van der Waals surface area contributed by atoms with Gasteiger partial charge >= 0.3 is 0 Å². The lowest BCUT2D eigenvalue weighted by molar-refractivity contribution is 0.802. The molecule has 1 aromatic carbocycles. The number of aromatic amines is 1. The maximum Gasteiger partial charge on any atom is 0.118 e. The molecule has 3 heterocycles. The Bertz CT molecular complexity index is 745. The fourth-order valence-corrected chi connectivity index (χ4v) is 2.62. The van der Waals surface area contributed by atoms with Crippen molar-refractivity contribution >= 4 is 16.6 Å². The van der Waals surface area contributed by atoms with Crippen LogP contribution in [0.25, 0.3) is 22.3 Å². The number of fused-ring (bicyclic) bond motifs is 2. The molecule has 19 heavy (non-hydrogen) atoms. The highest BCUT2D eigenvalue weighted by atomic mass is 15.1. The van der Waals surface area contributed by atoms with Gasteiger partial charge in [-0.15, -0.1) is 0 Å². The van der Waals surface area contributed by atoms with Crippen LogP contribution in [0.3, 0.4) is 0 Å². The monoisotopic (exact) mass is 250 g/mol. The minimum atomic E-state index is 0.934. The number of H-pyrrole nitrogens is 1. The average Bonchev–Trinajstić information content (AvgIpc) is 2.91. The van der Waals surface area contributed by atoms with Gasteiger partial charge in [0.25, 0.3) is 0 Å². The molecule has 0 saturated heterocycles. The number of aryl methyl sites for hydroxylation is 1. The van der Waals surface area contributed by atoms with Crippen LogP contribution in [0.15, 0.2) is 36.4 Å². The number of benzene rings is 1. The number of nitrogens with one attached hydrogen (secondary N) is 2. The van der Waals surface area contributed by atoms with Gasteiger partial charge < -0.3 is 5.32 Å². The van der Waals surface area contributed by atoms with E-state index in [4.69, 9.17) is 4.98 Å². The Kier molecular flexibility index (Phi) is 2.27. The van der Waals surface area contributed by atoms with E-state index in [1.807, 2.05) is 24.3 Å². The van der Waals surface area contributed by atoms with E-state index in [2.05, 4.69) is 27.6 Å². The molecule has 0 atom stereocenters. The van der Waals surface area contributed by atoms with E-state index in [0.717, 1.165) is 53.1 Å². The molecule has 94 valence electrons. The summed E-state index contributed by atoms with van der Waals surface area (Å²) in [5.74, 6) is 0. The van der Waals surface area contributed by atoms with Gasteiger partial charge in [-0.25, -0.2) is 4.98 Å². The summed E-state index contributed by atoms with van der Waals surface area (Å²) in [5, 5.41) is 12.0. The maximum atomic E-state index is 4.76. The van der Waals surface area contributed by atoms with Crippen LogP contribution < -0.4 is 5.32 Å². The molecule has 4 heteroatoms. The van der Waals surface area contributed by atoms with Crippen LogP contribution in [-0.2, 0) is 6.42 Å². The van der Waals surface area contributed by atoms with E-state index >= 15 is 0 Å². The van der Waals surface area contributed by atoms with Crippen LogP contribution in [0.1, 0.15) is 12.1 Å². The standard InChI is InChI=1S/C15H14N4/c1-2-5-11-10(4-1)15(19-18-11)14-8-7-12-13(17-14)6-3-9-16-12/h1-2,4-5,7-8,16H,3,6,9H2,(H,18,19). The molecule has 1 aliphatic heterocycles. The molecule has 2 aromatic heterocycles. The first-order valence-corrected chi connectivity index (χ1v) is 6.59. The number of pyridine rings is 1. The van der Waals surface area contributed by atoms with Gasteiger partial charge in [-0.3, -0.25) is 5.10 Å². The van der Waals surface area contributed by atoms with E-state index in [9.17, 15) is 0 Å². The molecule has 0 amide bonds. The topological polar surface area (TPSA) is 53.6 Å². The van der Waals surface area contributed by atoms with Gasteiger partial charge in [-0.2, -0.15) is 5.10 Å². The molecule has 2 N–H and O–H groups in total. The Hall–Kier alpha value is -2.36. The number of hydrogen-bond donors (Lipinski definition) is 2. The zero-order chi connectivity index (χ0) is 12.7. The molecular formula is C15H14N4. The maximum absolute atomic E-state index is 4.76. The number of rotatable bonds is 1. The Morgan fingerprint density at radius 2 is 2.00 bits per heavy atom. The normalized spacial score (nSPS) is 14.1. The summed E-state index contributed by atoms with van der Waals surface area (Å²) in [6, 6.07) is 12.3. The highest BCUT2D eigenvalue weighted by molar-refractivity contribution is 5.91. The number of para-hydroxylation sites is 1. The van der Waals surface area contributed by atoms with Crippen molar-refractivity contribution in [3.63, 3.8) is 0 Å². The molecular weight excluding hydrogens is 236 g/mol. The molecule has 0 fully saturated rings. The molecule has 0 spiro atoms. The van der Waals surface area contributed by atoms with Crippen LogP contribution in [0.2, 0.25) is 0 Å². The van der Waals surface area contributed by atoms with Crippen molar-refractivity contribution in [2.45, 2.75) is 12.8 Å². The summed E-state index contributed by atoms with van der Waals surface area (Å²) in [7, 11) is 0. The largest absolute Gasteiger partial charge is 0.384 e. The molecule has 0 aliphatic carbocycles. The molecule has 4 rings (SSSR count). The summed E-state index contributed by atoms with van der Waals surface area (Å²) in [5.41, 5.74) is 5.24. The first kappa shape index (κ1) is 10.6. The van der Waals surface area contributed by atoms with Gasteiger partial charge in [0.2, 0.25) is 0 Å². The lowest BCUT2D eigenvalue weighted by Gasteiger charge is -2.17. The first-order chi connectivity index (χ1) is 9.42. The van der Waals surface area contributed by atoms with Crippen molar-refractivity contribution in [2.24, 2.45) is 0 Å². The third-order valence-corrected chi connectivity index (χ3v) is 3.59. The van der Waals surface area contributed by atoms with Gasteiger partial charge in [0.15, 0.2) is 0 Å². The predicted molar refractivity (Wildman–Crippen MR) is 76.1 cm³/mol. The second-order valence-corrected chi connectivity index (χ2v) is 4.84.